The zero-order valence-electron chi connectivity index (χ0n) is 8.48. The van der Waals surface area contributed by atoms with Crippen molar-refractivity contribution in [2.24, 2.45) is 0 Å². The van der Waals surface area contributed by atoms with Crippen molar-refractivity contribution >= 4 is 17.0 Å². The maximum atomic E-state index is 9.87. The highest BCUT2D eigenvalue weighted by Crippen LogP contribution is 2.23. The van der Waals surface area contributed by atoms with Gasteiger partial charge in [0.1, 0.15) is 18.7 Å². The van der Waals surface area contributed by atoms with Gasteiger partial charge in [-0.3, -0.25) is 0 Å². The first-order valence-electron chi connectivity index (χ1n) is 5.01. The van der Waals surface area contributed by atoms with E-state index < -0.39 is 6.10 Å². The van der Waals surface area contributed by atoms with Gasteiger partial charge >= 0.3 is 0 Å². The lowest BCUT2D eigenvalue weighted by Crippen LogP contribution is -2.50. The van der Waals surface area contributed by atoms with Crippen molar-refractivity contribution < 1.29 is 14.8 Å². The molecule has 1 aliphatic rings. The Hall–Kier alpha value is -1.73. The van der Waals surface area contributed by atoms with Gasteiger partial charge in [0.2, 0.25) is 12.1 Å². The molecule has 0 fully saturated rings. The quantitative estimate of drug-likeness (QED) is 0.495. The standard InChI is InChI=1S/C9H11N5O2/c10-8-7-9-13(3-12-8)1-6(16)5(2-15)14(9)4-11-7/h3-6,10,15-16H,1-2H2/p+1. The monoisotopic (exact) mass is 222 g/mol. The smallest absolute Gasteiger partial charge is 0.261 e. The number of hydrogen-bond acceptors (Lipinski definition) is 5. The molecule has 7 nitrogen and oxygen atoms in total. The van der Waals surface area contributed by atoms with E-state index in [2.05, 4.69) is 9.97 Å². The summed E-state index contributed by atoms with van der Waals surface area (Å²) in [6, 6.07) is -0.369. The highest BCUT2D eigenvalue weighted by molar-refractivity contribution is 5.79. The fourth-order valence-corrected chi connectivity index (χ4v) is 2.16. The number of aliphatic hydroxyl groups is 2. The van der Waals surface area contributed by atoms with E-state index in [1.165, 1.54) is 0 Å². The van der Waals surface area contributed by atoms with Crippen LogP contribution < -0.4 is 10.3 Å². The molecule has 16 heavy (non-hydrogen) atoms. The van der Waals surface area contributed by atoms with Gasteiger partial charge in [0.05, 0.1) is 6.61 Å². The highest BCUT2D eigenvalue weighted by Gasteiger charge is 2.34. The lowest BCUT2D eigenvalue weighted by atomic mass is 10.1. The molecule has 3 rings (SSSR count). The molecule has 0 spiro atoms. The number of nitrogens with two attached hydrogens (primary N) is 1. The maximum Gasteiger partial charge on any atom is 0.261 e. The largest absolute Gasteiger partial charge is 0.393 e. The van der Waals surface area contributed by atoms with Gasteiger partial charge in [-0.25, -0.2) is 14.1 Å². The van der Waals surface area contributed by atoms with Gasteiger partial charge in [-0.05, 0) is 0 Å². The van der Waals surface area contributed by atoms with Gasteiger partial charge in [-0.2, -0.15) is 0 Å². The molecular weight excluding hydrogens is 210 g/mol. The highest BCUT2D eigenvalue weighted by atomic mass is 16.3. The molecule has 7 heteroatoms. The first-order chi connectivity index (χ1) is 7.72. The van der Waals surface area contributed by atoms with Crippen molar-refractivity contribution in [2.45, 2.75) is 18.7 Å². The zero-order valence-corrected chi connectivity index (χ0v) is 8.48. The molecule has 1 aliphatic heterocycles. The summed E-state index contributed by atoms with van der Waals surface area (Å²) >= 11 is 0. The number of aromatic nitrogens is 4. The first-order valence-corrected chi connectivity index (χ1v) is 5.01. The van der Waals surface area contributed by atoms with Crippen LogP contribution in [0.2, 0.25) is 0 Å². The van der Waals surface area contributed by atoms with Crippen molar-refractivity contribution in [3.63, 3.8) is 0 Å². The van der Waals surface area contributed by atoms with Crippen LogP contribution in [0.4, 0.5) is 5.82 Å². The Kier molecular flexibility index (Phi) is 1.86. The minimum absolute atomic E-state index is 0.130. The molecule has 0 saturated heterocycles. The summed E-state index contributed by atoms with van der Waals surface area (Å²) in [6.07, 6.45) is 2.50. The summed E-state index contributed by atoms with van der Waals surface area (Å²) in [6.45, 7) is 0.259. The van der Waals surface area contributed by atoms with Crippen molar-refractivity contribution in [3.8, 4) is 0 Å². The number of aliphatic hydroxyl groups excluding tert-OH is 2. The molecule has 3 heterocycles. The number of hydrogen-bond donors (Lipinski definition) is 3. The van der Waals surface area contributed by atoms with Crippen molar-refractivity contribution in [3.05, 3.63) is 12.7 Å². The SMILES string of the molecule is Nc1nc[n+]2c3c1ncn3C(CO)C(O)C2. The summed E-state index contributed by atoms with van der Waals surface area (Å²) < 4.78 is 3.52. The molecule has 0 bridgehead atoms. The van der Waals surface area contributed by atoms with E-state index in [9.17, 15) is 10.2 Å². The Balaban J connectivity index is 2.33. The third-order valence-corrected chi connectivity index (χ3v) is 2.99. The van der Waals surface area contributed by atoms with Gasteiger partial charge < -0.3 is 15.9 Å². The average molecular weight is 222 g/mol. The number of rotatable bonds is 1. The molecule has 84 valence electrons. The molecule has 2 aromatic heterocycles. The van der Waals surface area contributed by atoms with Crippen LogP contribution in [-0.2, 0) is 6.54 Å². The Morgan fingerprint density at radius 2 is 2.38 bits per heavy atom. The summed E-state index contributed by atoms with van der Waals surface area (Å²) in [4.78, 5) is 8.16. The van der Waals surface area contributed by atoms with E-state index >= 15 is 0 Å². The molecule has 0 aromatic carbocycles. The average Bonchev–Trinajstić information content (AvgIpc) is 2.70. The van der Waals surface area contributed by atoms with E-state index in [4.69, 9.17) is 5.73 Å². The van der Waals surface area contributed by atoms with Crippen molar-refractivity contribution in [2.75, 3.05) is 12.3 Å². The van der Waals surface area contributed by atoms with Crippen LogP contribution in [-0.4, -0.2) is 37.5 Å². The Morgan fingerprint density at radius 3 is 3.12 bits per heavy atom. The van der Waals surface area contributed by atoms with Crippen LogP contribution in [0.25, 0.3) is 11.2 Å². The molecule has 2 unspecified atom stereocenters. The second kappa shape index (κ2) is 3.13. The number of nitrogens with zero attached hydrogens (tertiary/aromatic N) is 4. The van der Waals surface area contributed by atoms with Crippen LogP contribution in [0.15, 0.2) is 12.7 Å². The molecule has 4 N–H and O–H groups in total. The minimum Gasteiger partial charge on any atom is -0.393 e. The second-order valence-corrected chi connectivity index (χ2v) is 3.92. The Bertz CT molecular complexity index is 552. The molecule has 2 atom stereocenters. The number of imidazole rings is 1. The summed E-state index contributed by atoms with van der Waals surface area (Å²) in [5, 5.41) is 19.1. The van der Waals surface area contributed by atoms with Gasteiger partial charge in [0.25, 0.3) is 5.65 Å². The maximum absolute atomic E-state index is 9.87. The van der Waals surface area contributed by atoms with Crippen molar-refractivity contribution in [1.82, 2.24) is 14.5 Å². The van der Waals surface area contributed by atoms with Crippen LogP contribution in [0.1, 0.15) is 6.04 Å². The van der Waals surface area contributed by atoms with Crippen molar-refractivity contribution in [1.29, 1.82) is 0 Å². The molecule has 0 aliphatic carbocycles. The molecule has 0 amide bonds. The van der Waals surface area contributed by atoms with Gasteiger partial charge in [-0.1, -0.05) is 4.98 Å². The molecule has 2 aromatic rings. The fraction of sp³-hybridized carbons (Fsp3) is 0.444. The lowest BCUT2D eigenvalue weighted by molar-refractivity contribution is -0.690. The van der Waals surface area contributed by atoms with Gasteiger partial charge in [-0.15, -0.1) is 0 Å². The Morgan fingerprint density at radius 1 is 1.56 bits per heavy atom. The molecule has 0 radical (unpaired) electrons. The number of nitrogen functional groups attached to an aromatic ring is 1. The van der Waals surface area contributed by atoms with Crippen LogP contribution in [0, 0.1) is 0 Å². The summed E-state index contributed by atoms with van der Waals surface area (Å²) in [7, 11) is 0. The number of anilines is 1. The second-order valence-electron chi connectivity index (χ2n) is 3.92. The Labute approximate surface area is 90.8 Å². The van der Waals surface area contributed by atoms with Crippen LogP contribution >= 0.6 is 0 Å². The van der Waals surface area contributed by atoms with E-state index in [1.54, 1.807) is 21.8 Å². The normalized spacial score (nSPS) is 23.9. The molecule has 0 saturated carbocycles. The fourth-order valence-electron chi connectivity index (χ4n) is 2.16. The minimum atomic E-state index is -0.648. The van der Waals surface area contributed by atoms with Gasteiger partial charge in [0.15, 0.2) is 11.8 Å². The third kappa shape index (κ3) is 1.06. The van der Waals surface area contributed by atoms with E-state index in [0.717, 1.165) is 5.65 Å². The topological polar surface area (TPSA) is 101 Å². The summed E-state index contributed by atoms with van der Waals surface area (Å²) in [5.41, 5.74) is 7.11. The van der Waals surface area contributed by atoms with E-state index in [0.29, 0.717) is 17.9 Å². The van der Waals surface area contributed by atoms with E-state index in [-0.39, 0.29) is 12.6 Å². The first kappa shape index (κ1) is 9.49. The van der Waals surface area contributed by atoms with Crippen LogP contribution in [0.5, 0.6) is 0 Å². The predicted molar refractivity (Wildman–Crippen MR) is 54.3 cm³/mol. The zero-order chi connectivity index (χ0) is 11.3. The predicted octanol–water partition coefficient (Wildman–Crippen LogP) is -1.79. The third-order valence-electron chi connectivity index (χ3n) is 2.99. The summed E-state index contributed by atoms with van der Waals surface area (Å²) in [5.74, 6) is 0.359. The van der Waals surface area contributed by atoms with Gasteiger partial charge in [0, 0.05) is 0 Å². The van der Waals surface area contributed by atoms with Crippen LogP contribution in [0.3, 0.4) is 0 Å². The van der Waals surface area contributed by atoms with E-state index in [1.807, 2.05) is 0 Å². The molecular formula is C9H12N5O2+. The lowest BCUT2D eigenvalue weighted by Gasteiger charge is -2.24.